The summed E-state index contributed by atoms with van der Waals surface area (Å²) >= 11 is 9.12. The average molecular weight is 279 g/mol. The summed E-state index contributed by atoms with van der Waals surface area (Å²) in [5.41, 5.74) is 0.594. The van der Waals surface area contributed by atoms with Gasteiger partial charge in [-0.1, -0.05) is 11.6 Å². The fraction of sp³-hybridized carbons (Fsp3) is 0.222. The van der Waals surface area contributed by atoms with Crippen molar-refractivity contribution in [3.63, 3.8) is 0 Å². The van der Waals surface area contributed by atoms with Crippen LogP contribution in [0.4, 0.5) is 5.69 Å². The van der Waals surface area contributed by atoms with Gasteiger partial charge >= 0.3 is 0 Å². The highest BCUT2D eigenvalue weighted by Crippen LogP contribution is 2.34. The maximum atomic E-state index is 10.9. The van der Waals surface area contributed by atoms with E-state index < -0.39 is 0 Å². The van der Waals surface area contributed by atoms with E-state index in [1.54, 1.807) is 12.1 Å². The van der Waals surface area contributed by atoms with Crippen LogP contribution >= 0.6 is 27.5 Å². The number of ether oxygens (including phenoxy) is 1. The van der Waals surface area contributed by atoms with E-state index >= 15 is 0 Å². The van der Waals surface area contributed by atoms with Crippen LogP contribution in [0.15, 0.2) is 16.6 Å². The van der Waals surface area contributed by atoms with E-state index in [9.17, 15) is 4.79 Å². The molecule has 0 bridgehead atoms. The number of hydrogen-bond acceptors (Lipinski definition) is 2. The molecule has 0 aliphatic rings. The minimum Gasteiger partial charge on any atom is -0.495 e. The molecule has 5 heteroatoms. The van der Waals surface area contributed by atoms with Crippen molar-refractivity contribution in [3.8, 4) is 5.75 Å². The molecule has 0 saturated carbocycles. The summed E-state index contributed by atoms with van der Waals surface area (Å²) in [6.45, 7) is 1.43. The third kappa shape index (κ3) is 2.62. The number of carbonyl (C=O) groups excluding carboxylic acids is 1. The van der Waals surface area contributed by atoms with E-state index in [4.69, 9.17) is 16.3 Å². The number of hydrogen-bond donors (Lipinski definition) is 1. The number of halogens is 2. The summed E-state index contributed by atoms with van der Waals surface area (Å²) in [4.78, 5) is 10.9. The number of methoxy groups -OCH3 is 1. The van der Waals surface area contributed by atoms with Gasteiger partial charge in [0.1, 0.15) is 5.75 Å². The number of anilines is 1. The van der Waals surface area contributed by atoms with Crippen LogP contribution in [0.1, 0.15) is 6.92 Å². The Bertz CT molecular complexity index is 368. The molecule has 1 N–H and O–H groups in total. The molecule has 0 aliphatic heterocycles. The van der Waals surface area contributed by atoms with Gasteiger partial charge in [-0.05, 0) is 22.0 Å². The van der Waals surface area contributed by atoms with Crippen LogP contribution in [-0.4, -0.2) is 13.0 Å². The molecule has 1 rings (SSSR count). The minimum atomic E-state index is -0.155. The van der Waals surface area contributed by atoms with E-state index in [-0.39, 0.29) is 5.91 Å². The number of carbonyl (C=O) groups is 1. The normalized spacial score (nSPS) is 9.71. The quantitative estimate of drug-likeness (QED) is 0.903. The number of nitrogens with one attached hydrogen (secondary N) is 1. The number of amides is 1. The van der Waals surface area contributed by atoms with Crippen LogP contribution in [0.5, 0.6) is 5.75 Å². The van der Waals surface area contributed by atoms with Crippen LogP contribution < -0.4 is 10.1 Å². The molecular weight excluding hydrogens is 269 g/mol. The second kappa shape index (κ2) is 4.66. The molecule has 0 aromatic heterocycles. The molecule has 0 heterocycles. The Kier molecular flexibility index (Phi) is 3.77. The molecule has 0 fully saturated rings. The zero-order valence-electron chi connectivity index (χ0n) is 7.73. The number of benzene rings is 1. The first-order chi connectivity index (χ1) is 6.54. The second-order valence-electron chi connectivity index (χ2n) is 2.65. The van der Waals surface area contributed by atoms with Gasteiger partial charge in [0, 0.05) is 17.5 Å². The Morgan fingerprint density at radius 2 is 2.21 bits per heavy atom. The molecule has 3 nitrogen and oxygen atoms in total. The fourth-order valence-electron chi connectivity index (χ4n) is 0.985. The smallest absolute Gasteiger partial charge is 0.221 e. The van der Waals surface area contributed by atoms with Gasteiger partial charge in [-0.25, -0.2) is 0 Å². The highest BCUT2D eigenvalue weighted by atomic mass is 79.9. The first-order valence-electron chi connectivity index (χ1n) is 3.85. The Morgan fingerprint density at radius 1 is 1.57 bits per heavy atom. The molecule has 76 valence electrons. The summed E-state index contributed by atoms with van der Waals surface area (Å²) < 4.78 is 5.77. The zero-order valence-corrected chi connectivity index (χ0v) is 10.1. The molecule has 0 aliphatic carbocycles. The van der Waals surface area contributed by atoms with Crippen molar-refractivity contribution < 1.29 is 9.53 Å². The van der Waals surface area contributed by atoms with Crippen LogP contribution in [0.25, 0.3) is 0 Å². The summed E-state index contributed by atoms with van der Waals surface area (Å²) in [5, 5.41) is 3.18. The Morgan fingerprint density at radius 3 is 2.71 bits per heavy atom. The standard InChI is InChI=1S/C9H9BrClNO2/c1-5(13)12-8-3-6(10)7(11)4-9(8)14-2/h3-4H,1-2H3,(H,12,13). The minimum absolute atomic E-state index is 0.155. The van der Waals surface area contributed by atoms with Gasteiger partial charge in [0.2, 0.25) is 5.91 Å². The van der Waals surface area contributed by atoms with Gasteiger partial charge < -0.3 is 10.1 Å². The monoisotopic (exact) mass is 277 g/mol. The summed E-state index contributed by atoms with van der Waals surface area (Å²) in [7, 11) is 1.52. The third-order valence-corrected chi connectivity index (χ3v) is 2.75. The van der Waals surface area contributed by atoms with Crippen LogP contribution in [-0.2, 0) is 4.79 Å². The van der Waals surface area contributed by atoms with Crippen molar-refractivity contribution in [2.75, 3.05) is 12.4 Å². The van der Waals surface area contributed by atoms with Gasteiger partial charge in [0.15, 0.2) is 0 Å². The lowest BCUT2D eigenvalue weighted by Crippen LogP contribution is -2.07. The lowest BCUT2D eigenvalue weighted by molar-refractivity contribution is -0.114. The maximum Gasteiger partial charge on any atom is 0.221 e. The van der Waals surface area contributed by atoms with Crippen molar-refractivity contribution in [2.24, 2.45) is 0 Å². The Labute approximate surface area is 95.5 Å². The van der Waals surface area contributed by atoms with Crippen molar-refractivity contribution in [2.45, 2.75) is 6.92 Å². The van der Waals surface area contributed by atoms with E-state index in [1.165, 1.54) is 14.0 Å². The highest BCUT2D eigenvalue weighted by molar-refractivity contribution is 9.10. The molecule has 0 spiro atoms. The molecule has 0 atom stereocenters. The lowest BCUT2D eigenvalue weighted by Gasteiger charge is -2.10. The lowest BCUT2D eigenvalue weighted by atomic mass is 10.3. The van der Waals surface area contributed by atoms with Crippen LogP contribution in [0.3, 0.4) is 0 Å². The predicted octanol–water partition coefficient (Wildman–Crippen LogP) is 3.07. The average Bonchev–Trinajstić information content (AvgIpc) is 2.10. The van der Waals surface area contributed by atoms with Gasteiger partial charge in [-0.2, -0.15) is 0 Å². The van der Waals surface area contributed by atoms with Crippen molar-refractivity contribution in [3.05, 3.63) is 21.6 Å². The van der Waals surface area contributed by atoms with Crippen molar-refractivity contribution in [1.29, 1.82) is 0 Å². The molecule has 0 radical (unpaired) electrons. The largest absolute Gasteiger partial charge is 0.495 e. The van der Waals surface area contributed by atoms with Crippen LogP contribution in [0.2, 0.25) is 5.02 Å². The van der Waals surface area contributed by atoms with E-state index in [0.717, 1.165) is 0 Å². The summed E-state index contributed by atoms with van der Waals surface area (Å²) in [6, 6.07) is 3.33. The molecule has 1 aromatic carbocycles. The Balaban J connectivity index is 3.13. The van der Waals surface area contributed by atoms with Crippen molar-refractivity contribution >= 4 is 39.1 Å². The van der Waals surface area contributed by atoms with E-state index in [2.05, 4.69) is 21.2 Å². The van der Waals surface area contributed by atoms with Gasteiger partial charge in [-0.15, -0.1) is 0 Å². The van der Waals surface area contributed by atoms with Gasteiger partial charge in [0.25, 0.3) is 0 Å². The first-order valence-corrected chi connectivity index (χ1v) is 5.02. The predicted molar refractivity (Wildman–Crippen MR) is 60.0 cm³/mol. The molecule has 0 unspecified atom stereocenters. The summed E-state index contributed by atoms with van der Waals surface area (Å²) in [5.74, 6) is 0.380. The third-order valence-electron chi connectivity index (χ3n) is 1.55. The summed E-state index contributed by atoms with van der Waals surface area (Å²) in [6.07, 6.45) is 0. The van der Waals surface area contributed by atoms with Gasteiger partial charge in [-0.3, -0.25) is 4.79 Å². The second-order valence-corrected chi connectivity index (χ2v) is 3.91. The van der Waals surface area contributed by atoms with Crippen LogP contribution in [0, 0.1) is 0 Å². The van der Waals surface area contributed by atoms with Crippen molar-refractivity contribution in [1.82, 2.24) is 0 Å². The topological polar surface area (TPSA) is 38.3 Å². The molecule has 1 amide bonds. The number of rotatable bonds is 2. The van der Waals surface area contributed by atoms with E-state index in [0.29, 0.717) is 20.9 Å². The molecule has 0 saturated heterocycles. The molecule has 1 aromatic rings. The SMILES string of the molecule is COc1cc(Cl)c(Br)cc1NC(C)=O. The van der Waals surface area contributed by atoms with Gasteiger partial charge in [0.05, 0.1) is 17.8 Å². The maximum absolute atomic E-state index is 10.9. The Hall–Kier alpha value is -0.740. The molecular formula is C9H9BrClNO2. The molecule has 14 heavy (non-hydrogen) atoms. The van der Waals surface area contributed by atoms with E-state index in [1.807, 2.05) is 0 Å². The zero-order chi connectivity index (χ0) is 10.7. The first kappa shape index (κ1) is 11.3. The fourth-order valence-corrected chi connectivity index (χ4v) is 1.48. The highest BCUT2D eigenvalue weighted by Gasteiger charge is 2.08.